The van der Waals surface area contributed by atoms with Crippen LogP contribution in [0.4, 0.5) is 10.5 Å². The molecule has 186 valence electrons. The van der Waals surface area contributed by atoms with Crippen molar-refractivity contribution in [3.05, 3.63) is 53.9 Å². The Balaban J connectivity index is 1.51. The first-order chi connectivity index (χ1) is 16.7. The molecule has 2 N–H and O–H groups in total. The van der Waals surface area contributed by atoms with Gasteiger partial charge < -0.3 is 20.3 Å². The molecule has 3 heterocycles. The van der Waals surface area contributed by atoms with Crippen LogP contribution in [0.1, 0.15) is 56.5 Å². The number of aromatic nitrogens is 3. The first-order valence-corrected chi connectivity index (χ1v) is 12.2. The molecule has 0 atom stereocenters. The average molecular weight is 479 g/mol. The van der Waals surface area contributed by atoms with Gasteiger partial charge >= 0.3 is 6.09 Å². The second kappa shape index (κ2) is 10.3. The van der Waals surface area contributed by atoms with Crippen LogP contribution in [0.3, 0.4) is 0 Å². The van der Waals surface area contributed by atoms with Crippen molar-refractivity contribution in [3.63, 3.8) is 0 Å². The van der Waals surface area contributed by atoms with Gasteiger partial charge in [-0.1, -0.05) is 30.3 Å². The average Bonchev–Trinajstić information content (AvgIpc) is 3.26. The molecule has 3 aromatic rings. The Morgan fingerprint density at radius 2 is 1.83 bits per heavy atom. The third kappa shape index (κ3) is 5.90. The number of ether oxygens (including phenoxy) is 1. The number of pyridine rings is 1. The van der Waals surface area contributed by atoms with E-state index in [0.29, 0.717) is 31.7 Å². The Kier molecular flexibility index (Phi) is 7.23. The van der Waals surface area contributed by atoms with Gasteiger partial charge in [0.2, 0.25) is 0 Å². The van der Waals surface area contributed by atoms with Gasteiger partial charge in [-0.25, -0.2) is 14.5 Å². The Labute approximate surface area is 205 Å². The van der Waals surface area contributed by atoms with Crippen LogP contribution in [0.5, 0.6) is 0 Å². The maximum Gasteiger partial charge on any atom is 0.410 e. The lowest BCUT2D eigenvalue weighted by Gasteiger charge is -2.34. The van der Waals surface area contributed by atoms with Gasteiger partial charge in [-0.3, -0.25) is 4.79 Å². The SMILES string of the molecule is CCn1ncc2c(NC3CCN(C(=O)OC(C)(C)C)CC3)c(C(=O)NCc3ccccc3)cnc21. The monoisotopic (exact) mass is 478 g/mol. The van der Waals surface area contributed by atoms with Crippen molar-refractivity contribution in [1.29, 1.82) is 0 Å². The van der Waals surface area contributed by atoms with Crippen molar-refractivity contribution in [1.82, 2.24) is 25.0 Å². The molecule has 1 saturated heterocycles. The van der Waals surface area contributed by atoms with E-state index in [0.717, 1.165) is 35.1 Å². The Morgan fingerprint density at radius 3 is 2.49 bits per heavy atom. The highest BCUT2D eigenvalue weighted by atomic mass is 16.6. The fraction of sp³-hybridized carbons (Fsp3) is 0.462. The molecule has 9 nitrogen and oxygen atoms in total. The molecule has 1 aromatic carbocycles. The first kappa shape index (κ1) is 24.5. The number of fused-ring (bicyclic) bond motifs is 1. The van der Waals surface area contributed by atoms with Crippen molar-refractivity contribution < 1.29 is 14.3 Å². The number of carbonyl (C=O) groups is 2. The molecule has 1 aliphatic heterocycles. The number of anilines is 1. The summed E-state index contributed by atoms with van der Waals surface area (Å²) in [6.07, 6.45) is 4.59. The number of nitrogens with zero attached hydrogens (tertiary/aromatic N) is 4. The normalized spacial score (nSPS) is 14.7. The summed E-state index contributed by atoms with van der Waals surface area (Å²) >= 11 is 0. The highest BCUT2D eigenvalue weighted by Crippen LogP contribution is 2.29. The van der Waals surface area contributed by atoms with Crippen LogP contribution in [0, 0.1) is 0 Å². The van der Waals surface area contributed by atoms with E-state index in [1.165, 1.54) is 0 Å². The summed E-state index contributed by atoms with van der Waals surface area (Å²) in [7, 11) is 0. The number of piperidine rings is 1. The zero-order valence-corrected chi connectivity index (χ0v) is 20.9. The number of rotatable bonds is 6. The number of hydrogen-bond donors (Lipinski definition) is 2. The minimum Gasteiger partial charge on any atom is -0.444 e. The van der Waals surface area contributed by atoms with E-state index < -0.39 is 5.60 Å². The molecule has 0 radical (unpaired) electrons. The molecule has 2 amide bonds. The molecule has 4 rings (SSSR count). The number of hydrogen-bond acceptors (Lipinski definition) is 6. The van der Waals surface area contributed by atoms with Crippen LogP contribution in [0.25, 0.3) is 11.0 Å². The van der Waals surface area contributed by atoms with E-state index in [9.17, 15) is 9.59 Å². The van der Waals surface area contributed by atoms with Gasteiger partial charge in [-0.15, -0.1) is 0 Å². The number of nitrogens with one attached hydrogen (secondary N) is 2. The number of likely N-dealkylation sites (tertiary alicyclic amines) is 1. The first-order valence-electron chi connectivity index (χ1n) is 12.2. The van der Waals surface area contributed by atoms with E-state index in [-0.39, 0.29) is 18.0 Å². The minimum absolute atomic E-state index is 0.102. The van der Waals surface area contributed by atoms with Gasteiger partial charge in [0.1, 0.15) is 5.60 Å². The van der Waals surface area contributed by atoms with Crippen LogP contribution in [-0.2, 0) is 17.8 Å². The third-order valence-electron chi connectivity index (χ3n) is 6.00. The quantitative estimate of drug-likeness (QED) is 0.551. The van der Waals surface area contributed by atoms with Crippen molar-refractivity contribution in [2.75, 3.05) is 18.4 Å². The van der Waals surface area contributed by atoms with E-state index in [1.807, 2.05) is 62.7 Å². The fourth-order valence-electron chi connectivity index (χ4n) is 4.20. The summed E-state index contributed by atoms with van der Waals surface area (Å²) < 4.78 is 7.33. The Bertz CT molecular complexity index is 1180. The highest BCUT2D eigenvalue weighted by molar-refractivity contribution is 6.06. The van der Waals surface area contributed by atoms with Crippen molar-refractivity contribution in [2.45, 2.75) is 65.3 Å². The fourth-order valence-corrected chi connectivity index (χ4v) is 4.20. The number of carbonyl (C=O) groups excluding carboxylic acids is 2. The molecular weight excluding hydrogens is 444 g/mol. The topological polar surface area (TPSA) is 101 Å². The lowest BCUT2D eigenvalue weighted by Crippen LogP contribution is -2.44. The van der Waals surface area contributed by atoms with Gasteiger partial charge in [0, 0.05) is 38.4 Å². The number of benzene rings is 1. The molecular formula is C26H34N6O3. The Hall–Kier alpha value is -3.62. The van der Waals surface area contributed by atoms with Gasteiger partial charge in [0.15, 0.2) is 5.65 Å². The summed E-state index contributed by atoms with van der Waals surface area (Å²) in [5, 5.41) is 11.8. The molecule has 35 heavy (non-hydrogen) atoms. The maximum absolute atomic E-state index is 13.2. The standard InChI is InChI=1S/C26H34N6O3/c1-5-32-23-20(17-29-32)22(21(16-27-23)24(33)28-15-18-9-7-6-8-10-18)30-19-11-13-31(14-12-19)25(34)35-26(2,3)4/h6-10,16-17,19H,5,11-15H2,1-4H3,(H,27,30)(H,28,33). The van der Waals surface area contributed by atoms with E-state index in [4.69, 9.17) is 4.74 Å². The van der Waals surface area contributed by atoms with E-state index >= 15 is 0 Å². The van der Waals surface area contributed by atoms with Crippen LogP contribution in [-0.4, -0.2) is 56.4 Å². The predicted octanol–water partition coefficient (Wildman–Crippen LogP) is 4.19. The highest BCUT2D eigenvalue weighted by Gasteiger charge is 2.28. The third-order valence-corrected chi connectivity index (χ3v) is 6.00. The second-order valence-corrected chi connectivity index (χ2v) is 9.80. The van der Waals surface area contributed by atoms with E-state index in [2.05, 4.69) is 20.7 Å². The second-order valence-electron chi connectivity index (χ2n) is 9.80. The molecule has 0 aliphatic carbocycles. The zero-order valence-electron chi connectivity index (χ0n) is 20.9. The molecule has 1 fully saturated rings. The molecule has 2 aromatic heterocycles. The minimum atomic E-state index is -0.518. The molecule has 0 saturated carbocycles. The lowest BCUT2D eigenvalue weighted by molar-refractivity contribution is 0.0210. The van der Waals surface area contributed by atoms with E-state index in [1.54, 1.807) is 17.3 Å². The summed E-state index contributed by atoms with van der Waals surface area (Å²) in [5.74, 6) is -0.193. The van der Waals surface area contributed by atoms with Gasteiger partial charge in [0.25, 0.3) is 5.91 Å². The van der Waals surface area contributed by atoms with Gasteiger partial charge in [0.05, 0.1) is 22.8 Å². The number of aryl methyl sites for hydroxylation is 1. The maximum atomic E-state index is 13.2. The molecule has 0 unspecified atom stereocenters. The van der Waals surface area contributed by atoms with Gasteiger partial charge in [-0.2, -0.15) is 5.10 Å². The summed E-state index contributed by atoms with van der Waals surface area (Å²) in [4.78, 5) is 31.9. The van der Waals surface area contributed by atoms with Crippen LogP contribution >= 0.6 is 0 Å². The van der Waals surface area contributed by atoms with Gasteiger partial charge in [-0.05, 0) is 46.1 Å². The summed E-state index contributed by atoms with van der Waals surface area (Å²) in [6, 6.07) is 9.90. The molecule has 1 aliphatic rings. The Morgan fingerprint density at radius 1 is 1.11 bits per heavy atom. The van der Waals surface area contributed by atoms with Crippen molar-refractivity contribution in [2.24, 2.45) is 0 Å². The summed E-state index contributed by atoms with van der Waals surface area (Å²) in [5.41, 5.74) is 2.46. The van der Waals surface area contributed by atoms with Crippen molar-refractivity contribution >= 4 is 28.7 Å². The van der Waals surface area contributed by atoms with Crippen LogP contribution in [0.15, 0.2) is 42.7 Å². The molecule has 9 heteroatoms. The number of amides is 2. The van der Waals surface area contributed by atoms with Crippen LogP contribution in [0.2, 0.25) is 0 Å². The van der Waals surface area contributed by atoms with Crippen LogP contribution < -0.4 is 10.6 Å². The molecule has 0 bridgehead atoms. The smallest absolute Gasteiger partial charge is 0.410 e. The van der Waals surface area contributed by atoms with Crippen molar-refractivity contribution in [3.8, 4) is 0 Å². The lowest BCUT2D eigenvalue weighted by atomic mass is 10.0. The largest absolute Gasteiger partial charge is 0.444 e. The summed E-state index contributed by atoms with van der Waals surface area (Å²) in [6.45, 7) is 9.91. The predicted molar refractivity (Wildman–Crippen MR) is 135 cm³/mol. The zero-order chi connectivity index (χ0) is 25.0. The molecule has 0 spiro atoms.